The molecule has 1 amide bonds. The van der Waals surface area contributed by atoms with Gasteiger partial charge in [0.25, 0.3) is 5.91 Å². The largest absolute Gasteiger partial charge is 0.511 e. The predicted molar refractivity (Wildman–Crippen MR) is 138 cm³/mol. The van der Waals surface area contributed by atoms with Crippen molar-refractivity contribution < 1.29 is 30.0 Å². The molecule has 7 heteroatoms. The second kappa shape index (κ2) is 11.4. The van der Waals surface area contributed by atoms with Crippen LogP contribution in [0.15, 0.2) is 47.8 Å². The Morgan fingerprint density at radius 1 is 1.17 bits per heavy atom. The van der Waals surface area contributed by atoms with Crippen LogP contribution >= 0.6 is 0 Å². The van der Waals surface area contributed by atoms with Crippen LogP contribution in [0, 0.1) is 40.9 Å². The highest BCUT2D eigenvalue weighted by Crippen LogP contribution is 2.58. The smallest absolute Gasteiger partial charge is 0.260 e. The summed E-state index contributed by atoms with van der Waals surface area (Å²) in [6, 6.07) is 0. The normalized spacial score (nSPS) is 38.8. The zero-order valence-electron chi connectivity index (χ0n) is 22.1. The Bertz CT molecular complexity index is 951. The van der Waals surface area contributed by atoms with Gasteiger partial charge in [0.05, 0.1) is 12.2 Å². The van der Waals surface area contributed by atoms with E-state index in [1.165, 1.54) is 0 Å². The van der Waals surface area contributed by atoms with Crippen molar-refractivity contribution >= 4 is 11.7 Å². The van der Waals surface area contributed by atoms with Gasteiger partial charge in [-0.15, -0.1) is 0 Å². The molecule has 5 N–H and O–H groups in total. The third kappa shape index (κ3) is 5.53. The van der Waals surface area contributed by atoms with Gasteiger partial charge in [-0.1, -0.05) is 71.1 Å². The van der Waals surface area contributed by atoms with Crippen molar-refractivity contribution in [1.29, 1.82) is 0 Å². The number of carbonyl (C=O) groups excluding carboxylic acids is 2. The first kappa shape index (κ1) is 28.4. The highest BCUT2D eigenvalue weighted by Gasteiger charge is 2.55. The van der Waals surface area contributed by atoms with Crippen LogP contribution in [0.4, 0.5) is 0 Å². The topological polar surface area (TPSA) is 127 Å². The highest BCUT2D eigenvalue weighted by atomic mass is 16.3. The van der Waals surface area contributed by atoms with Gasteiger partial charge >= 0.3 is 0 Å². The maximum atomic E-state index is 12.6. The maximum Gasteiger partial charge on any atom is 0.260 e. The molecule has 200 valence electrons. The Morgan fingerprint density at radius 3 is 2.44 bits per heavy atom. The third-order valence-corrected chi connectivity index (χ3v) is 8.69. The summed E-state index contributed by atoms with van der Waals surface area (Å²) >= 11 is 0. The van der Waals surface area contributed by atoms with E-state index in [0.29, 0.717) is 18.8 Å². The standard InChI is InChI=1S/C29H43NO6/c1-6-22(32)17(3)9-7-8-10-21(31)15-20-12-11-19-14-16(2)13-18(4)24(19)29(20,5)26(34)23-25(33)28(36)30-27(23)35/h7-12,16-22,24,28,31-32,34,36H,6,13-15H2,1-5H3,(H,30,35)/b9-7+,10-8+,26-23+. The number of carbonyl (C=O) groups is 2. The monoisotopic (exact) mass is 501 g/mol. The summed E-state index contributed by atoms with van der Waals surface area (Å²) in [7, 11) is 0. The molecular weight excluding hydrogens is 458 g/mol. The van der Waals surface area contributed by atoms with Gasteiger partial charge in [-0.3, -0.25) is 9.59 Å². The number of rotatable bonds is 8. The number of ketones is 1. The summed E-state index contributed by atoms with van der Waals surface area (Å²) in [5, 5.41) is 44.4. The molecule has 1 aliphatic heterocycles. The number of aliphatic hydroxyl groups excluding tert-OH is 4. The quantitative estimate of drug-likeness (QED) is 0.114. The molecule has 0 aromatic heterocycles. The van der Waals surface area contributed by atoms with Crippen molar-refractivity contribution in [1.82, 2.24) is 5.32 Å². The first-order chi connectivity index (χ1) is 16.9. The van der Waals surface area contributed by atoms with Gasteiger partial charge in [0, 0.05) is 11.3 Å². The molecule has 2 fully saturated rings. The highest BCUT2D eigenvalue weighted by molar-refractivity contribution is 6.26. The lowest BCUT2D eigenvalue weighted by Gasteiger charge is -2.54. The van der Waals surface area contributed by atoms with Crippen molar-refractivity contribution in [2.75, 3.05) is 0 Å². The number of aliphatic hydroxyl groups is 4. The van der Waals surface area contributed by atoms with E-state index in [-0.39, 0.29) is 40.9 Å². The molecule has 0 aromatic carbocycles. The van der Waals surface area contributed by atoms with E-state index in [4.69, 9.17) is 0 Å². The minimum Gasteiger partial charge on any atom is -0.511 e. The Kier molecular flexibility index (Phi) is 9.02. The second-order valence-electron chi connectivity index (χ2n) is 11.4. The lowest BCUT2D eigenvalue weighted by atomic mass is 9.50. The molecule has 3 rings (SSSR count). The third-order valence-electron chi connectivity index (χ3n) is 8.69. The number of allylic oxidation sites excluding steroid dienone is 5. The molecule has 0 spiro atoms. The fourth-order valence-electron chi connectivity index (χ4n) is 6.80. The van der Waals surface area contributed by atoms with E-state index < -0.39 is 35.5 Å². The average molecular weight is 502 g/mol. The molecule has 10 unspecified atom stereocenters. The van der Waals surface area contributed by atoms with Crippen LogP contribution in [0.1, 0.15) is 60.3 Å². The van der Waals surface area contributed by atoms with E-state index >= 15 is 0 Å². The molecule has 3 aliphatic rings. The van der Waals surface area contributed by atoms with Gasteiger partial charge in [-0.2, -0.15) is 0 Å². The summed E-state index contributed by atoms with van der Waals surface area (Å²) in [5.74, 6) is -1.28. The lowest BCUT2D eigenvalue weighted by Crippen LogP contribution is -2.49. The molecule has 1 saturated carbocycles. The van der Waals surface area contributed by atoms with Gasteiger partial charge in [-0.25, -0.2) is 0 Å². The van der Waals surface area contributed by atoms with Gasteiger partial charge in [0.1, 0.15) is 11.3 Å². The van der Waals surface area contributed by atoms with Crippen LogP contribution in [0.2, 0.25) is 0 Å². The van der Waals surface area contributed by atoms with E-state index in [9.17, 15) is 30.0 Å². The summed E-state index contributed by atoms with van der Waals surface area (Å²) in [6.07, 6.45) is 11.3. The van der Waals surface area contributed by atoms with Crippen molar-refractivity contribution in [3.63, 3.8) is 0 Å². The molecule has 1 heterocycles. The number of amides is 1. The van der Waals surface area contributed by atoms with Crippen molar-refractivity contribution in [2.45, 2.75) is 78.7 Å². The number of nitrogens with one attached hydrogen (secondary N) is 1. The molecule has 0 radical (unpaired) electrons. The van der Waals surface area contributed by atoms with Crippen molar-refractivity contribution in [2.24, 2.45) is 40.9 Å². The lowest BCUT2D eigenvalue weighted by molar-refractivity contribution is -0.123. The van der Waals surface area contributed by atoms with Crippen molar-refractivity contribution in [3.8, 4) is 0 Å². The fourth-order valence-corrected chi connectivity index (χ4v) is 6.80. The Morgan fingerprint density at radius 2 is 1.83 bits per heavy atom. The predicted octanol–water partition coefficient (Wildman–Crippen LogP) is 3.58. The van der Waals surface area contributed by atoms with Crippen LogP contribution in [0.25, 0.3) is 0 Å². The Balaban J connectivity index is 1.93. The van der Waals surface area contributed by atoms with Gasteiger partial charge in [0.15, 0.2) is 6.23 Å². The number of hydrogen-bond donors (Lipinski definition) is 5. The summed E-state index contributed by atoms with van der Waals surface area (Å²) in [5.41, 5.74) is -1.33. The molecule has 7 nitrogen and oxygen atoms in total. The molecule has 2 aliphatic carbocycles. The minimum absolute atomic E-state index is 0.00231. The van der Waals surface area contributed by atoms with Crippen LogP contribution in [-0.2, 0) is 9.59 Å². The Labute approximate surface area is 214 Å². The zero-order valence-corrected chi connectivity index (χ0v) is 22.1. The van der Waals surface area contributed by atoms with E-state index in [2.05, 4.69) is 25.2 Å². The number of Topliss-reactive ketones (excluding diaryl/α,β-unsaturated/α-hetero) is 1. The first-order valence-electron chi connectivity index (χ1n) is 13.3. The molecule has 10 atom stereocenters. The van der Waals surface area contributed by atoms with E-state index in [0.717, 1.165) is 12.8 Å². The van der Waals surface area contributed by atoms with Gasteiger partial charge in [-0.05, 0) is 55.3 Å². The number of fused-ring (bicyclic) bond motifs is 1. The molecular formula is C29H43NO6. The maximum absolute atomic E-state index is 12.6. The number of hydrogen-bond acceptors (Lipinski definition) is 6. The van der Waals surface area contributed by atoms with E-state index in [1.54, 1.807) is 12.2 Å². The van der Waals surface area contributed by atoms with Crippen LogP contribution < -0.4 is 5.32 Å². The summed E-state index contributed by atoms with van der Waals surface area (Å²) < 4.78 is 0. The van der Waals surface area contributed by atoms with Crippen molar-refractivity contribution in [3.05, 3.63) is 47.8 Å². The zero-order chi connectivity index (χ0) is 26.8. The molecule has 36 heavy (non-hydrogen) atoms. The van der Waals surface area contributed by atoms with Crippen LogP contribution in [-0.4, -0.2) is 50.6 Å². The molecule has 1 saturated heterocycles. The molecule has 0 aromatic rings. The summed E-state index contributed by atoms with van der Waals surface area (Å²) in [6.45, 7) is 10.1. The van der Waals surface area contributed by atoms with Crippen LogP contribution in [0.3, 0.4) is 0 Å². The van der Waals surface area contributed by atoms with Gasteiger partial charge < -0.3 is 25.7 Å². The summed E-state index contributed by atoms with van der Waals surface area (Å²) in [4.78, 5) is 25.1. The molecule has 0 bridgehead atoms. The second-order valence-corrected chi connectivity index (χ2v) is 11.4. The average Bonchev–Trinajstić information content (AvgIpc) is 3.07. The van der Waals surface area contributed by atoms with Crippen LogP contribution in [0.5, 0.6) is 0 Å². The SMILES string of the molecule is CCC(O)C(C)/C=C/C=C/C(O)CC1C=CC2CC(C)CC(C)C2C1(C)/C(O)=C1\C(=O)NC(O)C1=O. The van der Waals surface area contributed by atoms with E-state index in [1.807, 2.05) is 39.0 Å². The fraction of sp³-hybridized carbons (Fsp3) is 0.655. The van der Waals surface area contributed by atoms with Gasteiger partial charge in [0.2, 0.25) is 5.78 Å². The minimum atomic E-state index is -1.65. The Hall–Kier alpha value is -2.22. The first-order valence-corrected chi connectivity index (χ1v) is 13.3.